The van der Waals surface area contributed by atoms with E-state index in [4.69, 9.17) is 0 Å². The molecule has 3 rings (SSSR count). The predicted molar refractivity (Wildman–Crippen MR) is 99.7 cm³/mol. The summed E-state index contributed by atoms with van der Waals surface area (Å²) in [5, 5.41) is 5.70. The van der Waals surface area contributed by atoms with Gasteiger partial charge in [-0.2, -0.15) is 0 Å². The van der Waals surface area contributed by atoms with E-state index < -0.39 is 0 Å². The molecule has 0 spiro atoms. The van der Waals surface area contributed by atoms with E-state index in [-0.39, 0.29) is 29.4 Å². The molecule has 1 fully saturated rings. The maximum absolute atomic E-state index is 12.3. The van der Waals surface area contributed by atoms with Gasteiger partial charge in [0.05, 0.1) is 11.8 Å². The fourth-order valence-electron chi connectivity index (χ4n) is 2.82. The van der Waals surface area contributed by atoms with Crippen molar-refractivity contribution >= 4 is 23.3 Å². The second-order valence-corrected chi connectivity index (χ2v) is 6.77. The quantitative estimate of drug-likeness (QED) is 0.786. The van der Waals surface area contributed by atoms with Crippen LogP contribution in [-0.2, 0) is 16.1 Å². The number of amides is 2. The highest BCUT2D eigenvalue weighted by atomic mass is 16.2. The summed E-state index contributed by atoms with van der Waals surface area (Å²) in [7, 11) is 0. The Labute approximate surface area is 152 Å². The van der Waals surface area contributed by atoms with Gasteiger partial charge in [0.25, 0.3) is 0 Å². The van der Waals surface area contributed by atoms with Gasteiger partial charge < -0.3 is 10.6 Å². The van der Waals surface area contributed by atoms with E-state index in [1.807, 2.05) is 31.2 Å². The summed E-state index contributed by atoms with van der Waals surface area (Å²) in [5.41, 5.74) is 3.44. The Bertz CT molecular complexity index is 825. The van der Waals surface area contributed by atoms with Gasteiger partial charge in [-0.05, 0) is 50.1 Å². The highest BCUT2D eigenvalue weighted by molar-refractivity contribution is 6.00. The van der Waals surface area contributed by atoms with Crippen molar-refractivity contribution in [1.82, 2.24) is 5.32 Å². The Balaban J connectivity index is 1.47. The highest BCUT2D eigenvalue weighted by Crippen LogP contribution is 2.39. The number of hydrogen-bond donors (Lipinski definition) is 2. The lowest BCUT2D eigenvalue weighted by atomic mass is 10.1. The first-order valence-electron chi connectivity index (χ1n) is 8.69. The number of nitrogens with one attached hydrogen (secondary N) is 2. The molecule has 2 unspecified atom stereocenters. The van der Waals surface area contributed by atoms with Gasteiger partial charge in [-0.15, -0.1) is 0 Å². The zero-order valence-electron chi connectivity index (χ0n) is 14.9. The molecule has 5 nitrogen and oxygen atoms in total. The number of anilines is 1. The van der Waals surface area contributed by atoms with Crippen molar-refractivity contribution in [3.63, 3.8) is 0 Å². The monoisotopic (exact) mass is 350 g/mol. The van der Waals surface area contributed by atoms with Crippen LogP contribution in [0.5, 0.6) is 0 Å². The van der Waals surface area contributed by atoms with E-state index >= 15 is 0 Å². The summed E-state index contributed by atoms with van der Waals surface area (Å²) in [6.07, 6.45) is 0.567. The standard InChI is InChI=1S/C21H22N2O3/c1-13-3-5-15(6-4-13)12-22-20(25)18-11-19(18)21(26)23-17-9-7-16(8-10-17)14(2)24/h3-10,18-19H,11-12H2,1-2H3,(H,22,25)(H,23,26). The Kier molecular flexibility index (Phi) is 5.16. The zero-order chi connectivity index (χ0) is 18.7. The Hall–Kier alpha value is -2.95. The lowest BCUT2D eigenvalue weighted by Crippen LogP contribution is -2.27. The highest BCUT2D eigenvalue weighted by Gasteiger charge is 2.47. The molecule has 1 aliphatic rings. The van der Waals surface area contributed by atoms with Crippen LogP contribution in [0.1, 0.15) is 34.8 Å². The molecule has 0 bridgehead atoms. The summed E-state index contributed by atoms with van der Waals surface area (Å²) in [4.78, 5) is 35.7. The number of hydrogen-bond acceptors (Lipinski definition) is 3. The van der Waals surface area contributed by atoms with Crippen LogP contribution in [-0.4, -0.2) is 17.6 Å². The molecule has 2 aromatic rings. The molecule has 134 valence electrons. The SMILES string of the molecule is CC(=O)c1ccc(NC(=O)C2CC2C(=O)NCc2ccc(C)cc2)cc1. The second kappa shape index (κ2) is 7.52. The molecule has 26 heavy (non-hydrogen) atoms. The predicted octanol–water partition coefficient (Wildman–Crippen LogP) is 3.09. The summed E-state index contributed by atoms with van der Waals surface area (Å²) in [6.45, 7) is 3.98. The van der Waals surface area contributed by atoms with E-state index in [0.717, 1.165) is 5.56 Å². The van der Waals surface area contributed by atoms with E-state index in [2.05, 4.69) is 10.6 Å². The van der Waals surface area contributed by atoms with Crippen molar-refractivity contribution in [3.8, 4) is 0 Å². The molecule has 2 atom stereocenters. The van der Waals surface area contributed by atoms with Crippen LogP contribution in [0.4, 0.5) is 5.69 Å². The largest absolute Gasteiger partial charge is 0.352 e. The smallest absolute Gasteiger partial charge is 0.228 e. The van der Waals surface area contributed by atoms with Crippen LogP contribution >= 0.6 is 0 Å². The molecule has 0 heterocycles. The van der Waals surface area contributed by atoms with Crippen molar-refractivity contribution in [3.05, 3.63) is 65.2 Å². The number of benzene rings is 2. The molecule has 1 saturated carbocycles. The van der Waals surface area contributed by atoms with Crippen LogP contribution < -0.4 is 10.6 Å². The van der Waals surface area contributed by atoms with E-state index in [1.54, 1.807) is 24.3 Å². The second-order valence-electron chi connectivity index (χ2n) is 6.77. The van der Waals surface area contributed by atoms with Gasteiger partial charge in [0.15, 0.2) is 5.78 Å². The number of ketones is 1. The van der Waals surface area contributed by atoms with Crippen molar-refractivity contribution < 1.29 is 14.4 Å². The maximum atomic E-state index is 12.3. The molecule has 0 saturated heterocycles. The molecule has 2 N–H and O–H groups in total. The normalized spacial score (nSPS) is 18.1. The van der Waals surface area contributed by atoms with Crippen LogP contribution in [0.25, 0.3) is 0 Å². The van der Waals surface area contributed by atoms with Gasteiger partial charge in [0, 0.05) is 17.8 Å². The van der Waals surface area contributed by atoms with Crippen LogP contribution in [0.2, 0.25) is 0 Å². The molecule has 2 aromatic carbocycles. The molecule has 2 amide bonds. The third kappa shape index (κ3) is 4.36. The Morgan fingerprint density at radius 1 is 0.923 bits per heavy atom. The van der Waals surface area contributed by atoms with Gasteiger partial charge in [0.1, 0.15) is 0 Å². The first-order valence-corrected chi connectivity index (χ1v) is 8.69. The van der Waals surface area contributed by atoms with Gasteiger partial charge >= 0.3 is 0 Å². The number of carbonyl (C=O) groups is 3. The maximum Gasteiger partial charge on any atom is 0.228 e. The van der Waals surface area contributed by atoms with E-state index in [0.29, 0.717) is 24.2 Å². The van der Waals surface area contributed by atoms with Gasteiger partial charge in [-0.1, -0.05) is 29.8 Å². The molecular formula is C21H22N2O3. The van der Waals surface area contributed by atoms with Gasteiger partial charge in [0.2, 0.25) is 11.8 Å². The first kappa shape index (κ1) is 17.9. The van der Waals surface area contributed by atoms with Gasteiger partial charge in [-0.3, -0.25) is 14.4 Å². The summed E-state index contributed by atoms with van der Waals surface area (Å²) in [5.74, 6) is -0.818. The molecule has 5 heteroatoms. The number of rotatable bonds is 6. The third-order valence-electron chi connectivity index (χ3n) is 4.61. The molecule has 0 radical (unpaired) electrons. The lowest BCUT2D eigenvalue weighted by molar-refractivity contribution is -0.125. The van der Waals surface area contributed by atoms with Crippen LogP contribution in [0.3, 0.4) is 0 Å². The number of carbonyl (C=O) groups excluding carboxylic acids is 3. The summed E-state index contributed by atoms with van der Waals surface area (Å²) >= 11 is 0. The first-order chi connectivity index (χ1) is 12.4. The van der Waals surface area contributed by atoms with E-state index in [9.17, 15) is 14.4 Å². The minimum absolute atomic E-state index is 0.0182. The van der Waals surface area contributed by atoms with Crippen LogP contribution in [0, 0.1) is 18.8 Å². The zero-order valence-corrected chi connectivity index (χ0v) is 14.9. The molecule has 0 aliphatic heterocycles. The summed E-state index contributed by atoms with van der Waals surface area (Å²) < 4.78 is 0. The van der Waals surface area contributed by atoms with Crippen molar-refractivity contribution in [1.29, 1.82) is 0 Å². The fourth-order valence-corrected chi connectivity index (χ4v) is 2.82. The Morgan fingerprint density at radius 2 is 1.54 bits per heavy atom. The molecule has 1 aliphatic carbocycles. The van der Waals surface area contributed by atoms with Crippen LogP contribution in [0.15, 0.2) is 48.5 Å². The summed E-state index contributed by atoms with van der Waals surface area (Å²) in [6, 6.07) is 14.7. The van der Waals surface area contributed by atoms with Crippen molar-refractivity contribution in [2.75, 3.05) is 5.32 Å². The Morgan fingerprint density at radius 3 is 2.15 bits per heavy atom. The average molecular weight is 350 g/mol. The van der Waals surface area contributed by atoms with Gasteiger partial charge in [-0.25, -0.2) is 0 Å². The molecular weight excluding hydrogens is 328 g/mol. The number of Topliss-reactive ketones (excluding diaryl/α,β-unsaturated/α-hetero) is 1. The fraction of sp³-hybridized carbons (Fsp3) is 0.286. The minimum atomic E-state index is -0.291. The molecule has 0 aromatic heterocycles. The minimum Gasteiger partial charge on any atom is -0.352 e. The topological polar surface area (TPSA) is 75.3 Å². The van der Waals surface area contributed by atoms with Crippen molar-refractivity contribution in [2.45, 2.75) is 26.8 Å². The average Bonchev–Trinajstić information content (AvgIpc) is 3.42. The third-order valence-corrected chi connectivity index (χ3v) is 4.61. The number of aryl methyl sites for hydroxylation is 1. The van der Waals surface area contributed by atoms with E-state index in [1.165, 1.54) is 12.5 Å². The van der Waals surface area contributed by atoms with Crippen molar-refractivity contribution in [2.24, 2.45) is 11.8 Å². The lowest BCUT2D eigenvalue weighted by Gasteiger charge is -2.07.